The molecular weight excluding hydrogens is 222 g/mol. The van der Waals surface area contributed by atoms with Gasteiger partial charge in [-0.25, -0.2) is 0 Å². The Morgan fingerprint density at radius 3 is 2.33 bits per heavy atom. The Hall–Kier alpha value is -0.790. The van der Waals surface area contributed by atoms with E-state index in [2.05, 4.69) is 11.2 Å². The summed E-state index contributed by atoms with van der Waals surface area (Å²) in [6.07, 6.45) is 14.9. The highest BCUT2D eigenvalue weighted by atomic mass is 16.5. The third-order valence-corrected chi connectivity index (χ3v) is 4.82. The van der Waals surface area contributed by atoms with Gasteiger partial charge in [-0.05, 0) is 18.8 Å². The van der Waals surface area contributed by atoms with Crippen LogP contribution in [0.15, 0.2) is 10.6 Å². The molecule has 2 aliphatic rings. The highest BCUT2D eigenvalue weighted by Crippen LogP contribution is 2.33. The van der Waals surface area contributed by atoms with Crippen LogP contribution in [0, 0.1) is 5.92 Å². The Kier molecular flexibility index (Phi) is 4.02. The lowest BCUT2D eigenvalue weighted by atomic mass is 9.85. The van der Waals surface area contributed by atoms with Gasteiger partial charge in [0.25, 0.3) is 0 Å². The van der Waals surface area contributed by atoms with E-state index in [0.717, 1.165) is 18.1 Å². The van der Waals surface area contributed by atoms with Gasteiger partial charge in [0, 0.05) is 18.4 Å². The van der Waals surface area contributed by atoms with Gasteiger partial charge in [-0.1, -0.05) is 56.5 Å². The van der Waals surface area contributed by atoms with Crippen molar-refractivity contribution in [1.82, 2.24) is 5.16 Å². The maximum absolute atomic E-state index is 5.57. The summed E-state index contributed by atoms with van der Waals surface area (Å²) in [6, 6.07) is 2.25. The fourth-order valence-corrected chi connectivity index (χ4v) is 3.69. The summed E-state index contributed by atoms with van der Waals surface area (Å²) in [4.78, 5) is 0. The molecule has 1 aromatic rings. The zero-order valence-corrected chi connectivity index (χ0v) is 11.4. The van der Waals surface area contributed by atoms with Gasteiger partial charge in [-0.2, -0.15) is 0 Å². The van der Waals surface area contributed by atoms with Crippen LogP contribution in [-0.4, -0.2) is 5.16 Å². The molecule has 0 aliphatic heterocycles. The first kappa shape index (κ1) is 12.3. The minimum atomic E-state index is 0.683. The van der Waals surface area contributed by atoms with E-state index in [4.69, 9.17) is 4.52 Å². The van der Waals surface area contributed by atoms with E-state index in [9.17, 15) is 0 Å². The molecule has 3 rings (SSSR count). The van der Waals surface area contributed by atoms with Crippen LogP contribution in [0.1, 0.15) is 81.6 Å². The fourth-order valence-electron chi connectivity index (χ4n) is 3.69. The zero-order valence-electron chi connectivity index (χ0n) is 11.4. The van der Waals surface area contributed by atoms with E-state index in [1.54, 1.807) is 0 Å². The lowest BCUT2D eigenvalue weighted by Crippen LogP contribution is -2.08. The summed E-state index contributed by atoms with van der Waals surface area (Å²) in [7, 11) is 0. The van der Waals surface area contributed by atoms with Crippen LogP contribution >= 0.6 is 0 Å². The second-order valence-corrected chi connectivity index (χ2v) is 6.26. The van der Waals surface area contributed by atoms with Gasteiger partial charge in [0.05, 0.1) is 5.69 Å². The Morgan fingerprint density at radius 1 is 0.944 bits per heavy atom. The van der Waals surface area contributed by atoms with Crippen LogP contribution in [0.5, 0.6) is 0 Å². The van der Waals surface area contributed by atoms with Crippen molar-refractivity contribution in [3.8, 4) is 0 Å². The molecule has 0 spiro atoms. The van der Waals surface area contributed by atoms with Gasteiger partial charge in [-0.3, -0.25) is 0 Å². The molecular formula is C16H25NO. The molecule has 2 fully saturated rings. The van der Waals surface area contributed by atoms with Crippen molar-refractivity contribution in [2.45, 2.75) is 76.5 Å². The molecule has 1 heterocycles. The zero-order chi connectivity index (χ0) is 12.2. The van der Waals surface area contributed by atoms with Crippen molar-refractivity contribution in [2.24, 2.45) is 5.92 Å². The largest absolute Gasteiger partial charge is 0.361 e. The van der Waals surface area contributed by atoms with Crippen LogP contribution in [-0.2, 0) is 6.42 Å². The van der Waals surface area contributed by atoms with Crippen molar-refractivity contribution >= 4 is 0 Å². The predicted octanol–water partition coefficient (Wildman–Crippen LogP) is 4.85. The van der Waals surface area contributed by atoms with Crippen LogP contribution in [0.25, 0.3) is 0 Å². The van der Waals surface area contributed by atoms with Crippen molar-refractivity contribution in [3.63, 3.8) is 0 Å². The topological polar surface area (TPSA) is 26.0 Å². The van der Waals surface area contributed by atoms with Gasteiger partial charge in [0.15, 0.2) is 0 Å². The summed E-state index contributed by atoms with van der Waals surface area (Å²) in [5.74, 6) is 2.68. The molecule has 0 aromatic carbocycles. The summed E-state index contributed by atoms with van der Waals surface area (Å²) in [5, 5.41) is 4.33. The molecule has 0 bridgehead atoms. The average Bonchev–Trinajstić information content (AvgIpc) is 2.89. The van der Waals surface area contributed by atoms with Gasteiger partial charge >= 0.3 is 0 Å². The monoisotopic (exact) mass is 247 g/mol. The second-order valence-electron chi connectivity index (χ2n) is 6.26. The van der Waals surface area contributed by atoms with Gasteiger partial charge in [-0.15, -0.1) is 0 Å². The molecule has 0 unspecified atom stereocenters. The lowest BCUT2D eigenvalue weighted by Gasteiger charge is -2.20. The van der Waals surface area contributed by atoms with Crippen molar-refractivity contribution in [1.29, 1.82) is 0 Å². The Morgan fingerprint density at radius 2 is 1.61 bits per heavy atom. The molecule has 0 amide bonds. The van der Waals surface area contributed by atoms with E-state index in [-0.39, 0.29) is 0 Å². The van der Waals surface area contributed by atoms with Crippen LogP contribution < -0.4 is 0 Å². The van der Waals surface area contributed by atoms with Gasteiger partial charge in [0.2, 0.25) is 0 Å². The first-order chi connectivity index (χ1) is 8.92. The van der Waals surface area contributed by atoms with E-state index in [1.807, 2.05) is 0 Å². The first-order valence-corrected chi connectivity index (χ1v) is 7.87. The Bertz CT molecular complexity index is 359. The number of aromatic nitrogens is 1. The normalized spacial score (nSPS) is 23.3. The maximum atomic E-state index is 5.57. The maximum Gasteiger partial charge on any atom is 0.137 e. The lowest BCUT2D eigenvalue weighted by molar-refractivity contribution is 0.305. The molecule has 0 atom stereocenters. The molecule has 100 valence electrons. The van der Waals surface area contributed by atoms with E-state index in [1.165, 1.54) is 69.9 Å². The molecule has 1 aromatic heterocycles. The first-order valence-electron chi connectivity index (χ1n) is 7.87. The molecule has 2 nitrogen and oxygen atoms in total. The molecule has 0 N–H and O–H groups in total. The minimum absolute atomic E-state index is 0.683. The molecule has 0 saturated heterocycles. The third-order valence-electron chi connectivity index (χ3n) is 4.82. The third kappa shape index (κ3) is 2.96. The van der Waals surface area contributed by atoms with E-state index >= 15 is 0 Å². The number of nitrogens with zero attached hydrogens (tertiary/aromatic N) is 1. The summed E-state index contributed by atoms with van der Waals surface area (Å²) >= 11 is 0. The van der Waals surface area contributed by atoms with Crippen LogP contribution in [0.4, 0.5) is 0 Å². The highest BCUT2D eigenvalue weighted by molar-refractivity contribution is 5.11. The Balaban J connectivity index is 1.58. The second kappa shape index (κ2) is 5.90. The summed E-state index contributed by atoms with van der Waals surface area (Å²) in [6.45, 7) is 0. The average molecular weight is 247 g/mol. The molecule has 2 saturated carbocycles. The van der Waals surface area contributed by atoms with Gasteiger partial charge < -0.3 is 4.52 Å². The van der Waals surface area contributed by atoms with Crippen molar-refractivity contribution in [3.05, 3.63) is 17.5 Å². The van der Waals surface area contributed by atoms with Gasteiger partial charge in [0.1, 0.15) is 5.76 Å². The quantitative estimate of drug-likeness (QED) is 0.763. The number of hydrogen-bond acceptors (Lipinski definition) is 2. The van der Waals surface area contributed by atoms with Crippen LogP contribution in [0.2, 0.25) is 0 Å². The minimum Gasteiger partial charge on any atom is -0.361 e. The molecule has 18 heavy (non-hydrogen) atoms. The smallest absolute Gasteiger partial charge is 0.137 e. The molecule has 2 heteroatoms. The van der Waals surface area contributed by atoms with E-state index in [0.29, 0.717) is 5.92 Å². The van der Waals surface area contributed by atoms with Crippen molar-refractivity contribution < 1.29 is 4.52 Å². The van der Waals surface area contributed by atoms with E-state index < -0.39 is 0 Å². The summed E-state index contributed by atoms with van der Waals surface area (Å²) < 4.78 is 5.57. The predicted molar refractivity (Wildman–Crippen MR) is 72.6 cm³/mol. The summed E-state index contributed by atoms with van der Waals surface area (Å²) in [5.41, 5.74) is 1.24. The Labute approximate surface area is 110 Å². The molecule has 0 radical (unpaired) electrons. The number of rotatable bonds is 3. The van der Waals surface area contributed by atoms with Crippen LogP contribution in [0.3, 0.4) is 0 Å². The fraction of sp³-hybridized carbons (Fsp3) is 0.812. The highest BCUT2D eigenvalue weighted by Gasteiger charge is 2.21. The standard InChI is InChI=1S/C16H25NO/c1-3-7-13(8-4-1)11-15-12-16(17-18-15)14-9-5-2-6-10-14/h12-14H,1-11H2. The SMILES string of the molecule is c1c(C2CCCCC2)noc1CC1CCCCC1. The number of hydrogen-bond donors (Lipinski definition) is 0. The molecule has 2 aliphatic carbocycles. The van der Waals surface area contributed by atoms with Crippen molar-refractivity contribution in [2.75, 3.05) is 0 Å².